The normalized spacial score (nSPS) is 8.75. The van der Waals surface area contributed by atoms with Crippen LogP contribution in [0.3, 0.4) is 0 Å². The molecule has 1 aromatic carbocycles. The zero-order chi connectivity index (χ0) is 8.81. The van der Waals surface area contributed by atoms with Gasteiger partial charge in [0, 0.05) is 5.02 Å². The predicted molar refractivity (Wildman–Crippen MR) is 50.5 cm³/mol. The molecule has 4 heteroatoms. The van der Waals surface area contributed by atoms with E-state index in [1.54, 1.807) is 18.2 Å². The van der Waals surface area contributed by atoms with Crippen molar-refractivity contribution in [2.75, 3.05) is 0 Å². The van der Waals surface area contributed by atoms with Crippen molar-refractivity contribution >= 4 is 19.3 Å². The molecule has 0 unspecified atom stereocenters. The van der Waals surface area contributed by atoms with E-state index >= 15 is 0 Å². The van der Waals surface area contributed by atoms with Gasteiger partial charge in [-0.05, 0) is 18.2 Å². The molecule has 2 nitrogen and oxygen atoms in total. The molecule has 12 heavy (non-hydrogen) atoms. The lowest BCUT2D eigenvalue weighted by Crippen LogP contribution is -2.03. The number of hydrogen-bond donors (Lipinski definition) is 0. The van der Waals surface area contributed by atoms with E-state index in [9.17, 15) is 0 Å². The molecule has 1 rings (SSSR count). The highest BCUT2D eigenvalue weighted by Gasteiger charge is 1.95. The van der Waals surface area contributed by atoms with Crippen LogP contribution >= 0.6 is 11.6 Å². The van der Waals surface area contributed by atoms with Crippen LogP contribution in [0.1, 0.15) is 0 Å². The van der Waals surface area contributed by atoms with Gasteiger partial charge in [-0.25, -0.2) is 0 Å². The molecule has 62 valence electrons. The highest BCUT2D eigenvalue weighted by Crippen LogP contribution is 2.16. The van der Waals surface area contributed by atoms with Gasteiger partial charge >= 0.3 is 7.69 Å². The number of rotatable bonds is 4. The van der Waals surface area contributed by atoms with Gasteiger partial charge in [0.2, 0.25) is 0 Å². The van der Waals surface area contributed by atoms with Crippen LogP contribution in [0.15, 0.2) is 37.1 Å². The van der Waals surface area contributed by atoms with Crippen molar-refractivity contribution < 1.29 is 9.31 Å². The maximum absolute atomic E-state index is 5.72. The minimum Gasteiger partial charge on any atom is -0.535 e. The van der Waals surface area contributed by atoms with Crippen LogP contribution in [-0.4, -0.2) is 7.69 Å². The third-order valence-corrected chi connectivity index (χ3v) is 1.44. The fourth-order valence-corrected chi connectivity index (χ4v) is 0.887. The van der Waals surface area contributed by atoms with Gasteiger partial charge < -0.3 is 9.31 Å². The van der Waals surface area contributed by atoms with Gasteiger partial charge in [-0.2, -0.15) is 0 Å². The van der Waals surface area contributed by atoms with E-state index in [-0.39, 0.29) is 7.69 Å². The monoisotopic (exact) mass is 182 g/mol. The summed E-state index contributed by atoms with van der Waals surface area (Å²) in [5.74, 6) is 0.685. The molecule has 0 bridgehead atoms. The molecule has 0 saturated heterocycles. The van der Waals surface area contributed by atoms with Crippen LogP contribution in [-0.2, 0) is 4.65 Å². The average molecular weight is 182 g/mol. The van der Waals surface area contributed by atoms with Crippen molar-refractivity contribution in [2.24, 2.45) is 0 Å². The molecular formula is C8H8BClO2. The third kappa shape index (κ3) is 2.88. The first-order valence-corrected chi connectivity index (χ1v) is 3.81. The number of halogens is 1. The van der Waals surface area contributed by atoms with Gasteiger partial charge in [-0.3, -0.25) is 0 Å². The van der Waals surface area contributed by atoms with Gasteiger partial charge in [0.1, 0.15) is 5.75 Å². The fraction of sp³-hybridized carbons (Fsp3) is 0. The molecule has 0 atom stereocenters. The minimum absolute atomic E-state index is 0.157. The first-order chi connectivity index (χ1) is 5.83. The van der Waals surface area contributed by atoms with Crippen molar-refractivity contribution in [3.63, 3.8) is 0 Å². The second-order valence-electron chi connectivity index (χ2n) is 2.05. The Hall–Kier alpha value is -1.09. The average Bonchev–Trinajstić information content (AvgIpc) is 2.05. The molecule has 0 aromatic heterocycles. The number of hydrogen-bond acceptors (Lipinski definition) is 2. The van der Waals surface area contributed by atoms with Crippen LogP contribution in [0.2, 0.25) is 5.02 Å². The van der Waals surface area contributed by atoms with Gasteiger partial charge in [0.15, 0.2) is 0 Å². The Labute approximate surface area is 77.1 Å². The maximum Gasteiger partial charge on any atom is 0.576 e. The van der Waals surface area contributed by atoms with Crippen LogP contribution in [0.25, 0.3) is 0 Å². The van der Waals surface area contributed by atoms with E-state index in [0.29, 0.717) is 10.8 Å². The molecule has 0 heterocycles. The molecule has 0 spiro atoms. The summed E-state index contributed by atoms with van der Waals surface area (Å²) in [4.78, 5) is 0. The molecule has 1 aromatic rings. The molecule has 0 aliphatic heterocycles. The third-order valence-electron chi connectivity index (χ3n) is 1.21. The lowest BCUT2D eigenvalue weighted by Gasteiger charge is -2.03. The van der Waals surface area contributed by atoms with Crippen LogP contribution in [0.5, 0.6) is 5.75 Å². The lowest BCUT2D eigenvalue weighted by atomic mass is 10.3. The molecule has 0 aliphatic rings. The summed E-state index contributed by atoms with van der Waals surface area (Å²) in [6, 6.07) is 7.11. The van der Waals surface area contributed by atoms with Crippen molar-refractivity contribution in [1.29, 1.82) is 0 Å². The summed E-state index contributed by atoms with van der Waals surface area (Å²) in [7, 11) is 0.157. The van der Waals surface area contributed by atoms with Crippen molar-refractivity contribution in [3.05, 3.63) is 42.1 Å². The van der Waals surface area contributed by atoms with Gasteiger partial charge in [0.25, 0.3) is 0 Å². The van der Waals surface area contributed by atoms with Crippen molar-refractivity contribution in [1.82, 2.24) is 0 Å². The van der Waals surface area contributed by atoms with E-state index in [1.807, 2.05) is 6.07 Å². The SMILES string of the molecule is C=COBOc1cccc(Cl)c1. The molecule has 0 radical (unpaired) electrons. The highest BCUT2D eigenvalue weighted by atomic mass is 35.5. The topological polar surface area (TPSA) is 18.5 Å². The minimum atomic E-state index is 0.157. The van der Waals surface area contributed by atoms with E-state index in [0.717, 1.165) is 0 Å². The Morgan fingerprint density at radius 2 is 2.33 bits per heavy atom. The smallest absolute Gasteiger partial charge is 0.535 e. The maximum atomic E-state index is 5.72. The fourth-order valence-electron chi connectivity index (χ4n) is 0.707. The summed E-state index contributed by atoms with van der Waals surface area (Å²) >= 11 is 5.72. The molecule has 0 N–H and O–H groups in total. The van der Waals surface area contributed by atoms with Crippen LogP contribution in [0.4, 0.5) is 0 Å². The lowest BCUT2D eigenvalue weighted by molar-refractivity contribution is 0.414. The second-order valence-corrected chi connectivity index (χ2v) is 2.49. The predicted octanol–water partition coefficient (Wildman–Crippen LogP) is 2.15. The largest absolute Gasteiger partial charge is 0.576 e. The van der Waals surface area contributed by atoms with E-state index < -0.39 is 0 Å². The zero-order valence-electron chi connectivity index (χ0n) is 6.50. The molecule has 0 aliphatic carbocycles. The molecule has 0 amide bonds. The van der Waals surface area contributed by atoms with Crippen LogP contribution in [0, 0.1) is 0 Å². The quantitative estimate of drug-likeness (QED) is 0.403. The standard InChI is InChI=1S/C8H8BClO2/c1-2-11-9-12-8-5-3-4-7(10)6-8/h2-6,9H,1H2. The van der Waals surface area contributed by atoms with E-state index in [1.165, 1.54) is 6.26 Å². The van der Waals surface area contributed by atoms with E-state index in [4.69, 9.17) is 20.9 Å². The summed E-state index contributed by atoms with van der Waals surface area (Å²) in [5, 5.41) is 0.645. The molecule has 0 fully saturated rings. The highest BCUT2D eigenvalue weighted by molar-refractivity contribution is 6.30. The number of benzene rings is 1. The molecule has 0 saturated carbocycles. The summed E-state index contributed by atoms with van der Waals surface area (Å²) in [5.41, 5.74) is 0. The van der Waals surface area contributed by atoms with Gasteiger partial charge in [-0.15, -0.1) is 0 Å². The van der Waals surface area contributed by atoms with E-state index in [2.05, 4.69) is 6.58 Å². The summed E-state index contributed by atoms with van der Waals surface area (Å²) in [6.45, 7) is 3.38. The Bertz CT molecular complexity index is 265. The Morgan fingerprint density at radius 3 is 3.00 bits per heavy atom. The van der Waals surface area contributed by atoms with Crippen molar-refractivity contribution in [2.45, 2.75) is 0 Å². The molecular weight excluding hydrogens is 174 g/mol. The summed E-state index contributed by atoms with van der Waals surface area (Å²) in [6.07, 6.45) is 1.32. The summed E-state index contributed by atoms with van der Waals surface area (Å²) < 4.78 is 9.93. The van der Waals surface area contributed by atoms with Crippen LogP contribution < -0.4 is 4.65 Å². The van der Waals surface area contributed by atoms with Crippen molar-refractivity contribution in [3.8, 4) is 5.75 Å². The second kappa shape index (κ2) is 4.72. The zero-order valence-corrected chi connectivity index (χ0v) is 7.25. The Balaban J connectivity index is 2.46. The first-order valence-electron chi connectivity index (χ1n) is 3.44. The van der Waals surface area contributed by atoms with Gasteiger partial charge in [0.05, 0.1) is 6.26 Å². The van der Waals surface area contributed by atoms with Gasteiger partial charge in [-0.1, -0.05) is 24.2 Å². The first kappa shape index (κ1) is 9.01. The Morgan fingerprint density at radius 1 is 1.50 bits per heavy atom. The Kier molecular flexibility index (Phi) is 3.55.